The number of carbonyl (C=O) groups is 1. The monoisotopic (exact) mass is 300 g/mol. The molecule has 0 amide bonds. The van der Waals surface area contributed by atoms with Crippen molar-refractivity contribution in [3.63, 3.8) is 0 Å². The van der Waals surface area contributed by atoms with E-state index in [4.69, 9.17) is 9.47 Å². The van der Waals surface area contributed by atoms with Gasteiger partial charge in [-0.3, -0.25) is 10.1 Å². The fourth-order valence-electron chi connectivity index (χ4n) is 1.26. The SMILES string of the molecule is O=C(OCCCCO[N+](=O)[O-])Oc1ccc([N+](=O)[O-])cc1. The number of nitro groups is 1. The highest BCUT2D eigenvalue weighted by atomic mass is 16.9. The molecule has 114 valence electrons. The quantitative estimate of drug-likeness (QED) is 0.234. The van der Waals surface area contributed by atoms with Gasteiger partial charge in [0.1, 0.15) is 5.75 Å². The van der Waals surface area contributed by atoms with E-state index in [1.165, 1.54) is 24.3 Å². The lowest BCUT2D eigenvalue weighted by Gasteiger charge is -2.05. The predicted molar refractivity (Wildman–Crippen MR) is 67.3 cm³/mol. The Bertz CT molecular complexity index is 501. The minimum absolute atomic E-state index is 0.0207. The van der Waals surface area contributed by atoms with Gasteiger partial charge in [-0.2, -0.15) is 0 Å². The van der Waals surface area contributed by atoms with E-state index in [0.29, 0.717) is 12.8 Å². The molecule has 0 saturated heterocycles. The second-order valence-corrected chi connectivity index (χ2v) is 3.72. The molecule has 0 unspecified atom stereocenters. The van der Waals surface area contributed by atoms with Crippen LogP contribution in [0.4, 0.5) is 10.5 Å². The van der Waals surface area contributed by atoms with Gasteiger partial charge in [0.2, 0.25) is 0 Å². The number of benzene rings is 1. The van der Waals surface area contributed by atoms with Gasteiger partial charge in [-0.25, -0.2) is 4.79 Å². The molecular weight excluding hydrogens is 288 g/mol. The summed E-state index contributed by atoms with van der Waals surface area (Å²) in [5.74, 6) is 0.113. The van der Waals surface area contributed by atoms with E-state index in [1.807, 2.05) is 0 Å². The van der Waals surface area contributed by atoms with E-state index < -0.39 is 16.2 Å². The lowest BCUT2D eigenvalue weighted by atomic mass is 10.3. The number of hydrogen-bond acceptors (Lipinski definition) is 8. The summed E-state index contributed by atoms with van der Waals surface area (Å²) < 4.78 is 9.48. The van der Waals surface area contributed by atoms with Crippen molar-refractivity contribution in [3.8, 4) is 5.75 Å². The number of rotatable bonds is 8. The van der Waals surface area contributed by atoms with Crippen molar-refractivity contribution in [1.82, 2.24) is 0 Å². The third-order valence-corrected chi connectivity index (χ3v) is 2.20. The zero-order valence-corrected chi connectivity index (χ0v) is 10.8. The van der Waals surface area contributed by atoms with E-state index in [9.17, 15) is 25.0 Å². The third-order valence-electron chi connectivity index (χ3n) is 2.20. The second kappa shape index (κ2) is 8.30. The molecule has 0 spiro atoms. The normalized spacial score (nSPS) is 9.71. The summed E-state index contributed by atoms with van der Waals surface area (Å²) in [6, 6.07) is 4.92. The first-order valence-corrected chi connectivity index (χ1v) is 5.85. The first-order chi connectivity index (χ1) is 9.99. The van der Waals surface area contributed by atoms with Gasteiger partial charge in [0.05, 0.1) is 18.1 Å². The molecule has 0 fully saturated rings. The van der Waals surface area contributed by atoms with Crippen LogP contribution in [0.2, 0.25) is 0 Å². The highest BCUT2D eigenvalue weighted by Crippen LogP contribution is 2.17. The molecule has 10 nitrogen and oxygen atoms in total. The summed E-state index contributed by atoms with van der Waals surface area (Å²) in [6.45, 7) is -0.0549. The van der Waals surface area contributed by atoms with Gasteiger partial charge in [0.25, 0.3) is 10.8 Å². The predicted octanol–water partition coefficient (Wildman–Crippen LogP) is 2.10. The summed E-state index contributed by atoms with van der Waals surface area (Å²) in [5, 5.41) is 19.4. The zero-order chi connectivity index (χ0) is 15.7. The van der Waals surface area contributed by atoms with Crippen molar-refractivity contribution in [2.75, 3.05) is 13.2 Å². The average Bonchev–Trinajstić information content (AvgIpc) is 2.43. The van der Waals surface area contributed by atoms with Gasteiger partial charge in [-0.05, 0) is 25.0 Å². The minimum atomic E-state index is -0.959. The van der Waals surface area contributed by atoms with Crippen molar-refractivity contribution >= 4 is 11.8 Å². The summed E-state index contributed by atoms with van der Waals surface area (Å²) in [4.78, 5) is 35.0. The standard InChI is InChI=1S/C11H12N2O8/c14-11(19-7-1-2-8-20-13(17)18)21-10-5-3-9(4-6-10)12(15)16/h3-6H,1-2,7-8H2. The fraction of sp³-hybridized carbons (Fsp3) is 0.364. The number of carbonyl (C=O) groups excluding carboxylic acids is 1. The van der Waals surface area contributed by atoms with Crippen molar-refractivity contribution in [2.45, 2.75) is 12.8 Å². The summed E-state index contributed by atoms with van der Waals surface area (Å²) in [7, 11) is 0. The van der Waals surface area contributed by atoms with Crippen molar-refractivity contribution < 1.29 is 29.1 Å². The van der Waals surface area contributed by atoms with Crippen LogP contribution in [0, 0.1) is 20.2 Å². The first-order valence-electron chi connectivity index (χ1n) is 5.85. The number of unbranched alkanes of at least 4 members (excludes halogenated alkanes) is 1. The third kappa shape index (κ3) is 6.71. The Labute approximate surface area is 118 Å². The van der Waals surface area contributed by atoms with E-state index in [-0.39, 0.29) is 24.7 Å². The summed E-state index contributed by atoms with van der Waals surface area (Å²) in [6.07, 6.45) is -0.228. The number of hydrogen-bond donors (Lipinski definition) is 0. The lowest BCUT2D eigenvalue weighted by molar-refractivity contribution is -0.757. The molecule has 21 heavy (non-hydrogen) atoms. The van der Waals surface area contributed by atoms with E-state index in [0.717, 1.165) is 0 Å². The number of nitro benzene ring substituents is 1. The van der Waals surface area contributed by atoms with Gasteiger partial charge in [0, 0.05) is 12.1 Å². The van der Waals surface area contributed by atoms with Gasteiger partial charge in [-0.1, -0.05) is 0 Å². The van der Waals surface area contributed by atoms with E-state index in [2.05, 4.69) is 4.84 Å². The number of nitrogens with zero attached hydrogens (tertiary/aromatic N) is 2. The van der Waals surface area contributed by atoms with Crippen LogP contribution in [0.15, 0.2) is 24.3 Å². The summed E-state index contributed by atoms with van der Waals surface area (Å²) in [5.41, 5.74) is -0.124. The maximum absolute atomic E-state index is 11.3. The van der Waals surface area contributed by atoms with Crippen molar-refractivity contribution in [1.29, 1.82) is 0 Å². The molecule has 0 aromatic heterocycles. The second-order valence-electron chi connectivity index (χ2n) is 3.72. The molecule has 0 radical (unpaired) electrons. The molecule has 0 N–H and O–H groups in total. The highest BCUT2D eigenvalue weighted by Gasteiger charge is 2.09. The van der Waals surface area contributed by atoms with Gasteiger partial charge in [-0.15, -0.1) is 10.1 Å². The Morgan fingerprint density at radius 1 is 1.05 bits per heavy atom. The lowest BCUT2D eigenvalue weighted by Crippen LogP contribution is -2.12. The van der Waals surface area contributed by atoms with Crippen LogP contribution in [0.25, 0.3) is 0 Å². The van der Waals surface area contributed by atoms with Crippen LogP contribution in [-0.4, -0.2) is 29.4 Å². The van der Waals surface area contributed by atoms with Crippen LogP contribution in [-0.2, 0) is 9.57 Å². The van der Waals surface area contributed by atoms with Crippen molar-refractivity contribution in [2.24, 2.45) is 0 Å². The zero-order valence-electron chi connectivity index (χ0n) is 10.8. The van der Waals surface area contributed by atoms with Crippen LogP contribution in [0.5, 0.6) is 5.75 Å². The Morgan fingerprint density at radius 3 is 2.24 bits per heavy atom. The number of ether oxygens (including phenoxy) is 2. The van der Waals surface area contributed by atoms with Crippen LogP contribution in [0.3, 0.4) is 0 Å². The molecule has 0 bridgehead atoms. The van der Waals surface area contributed by atoms with Gasteiger partial charge < -0.3 is 14.3 Å². The Balaban J connectivity index is 2.21. The topological polar surface area (TPSA) is 131 Å². The van der Waals surface area contributed by atoms with Crippen LogP contribution in [0.1, 0.15) is 12.8 Å². The van der Waals surface area contributed by atoms with Crippen LogP contribution < -0.4 is 4.74 Å². The maximum Gasteiger partial charge on any atom is 0.513 e. The fourth-order valence-corrected chi connectivity index (χ4v) is 1.26. The smallest absolute Gasteiger partial charge is 0.434 e. The summed E-state index contributed by atoms with van der Waals surface area (Å²) >= 11 is 0. The Morgan fingerprint density at radius 2 is 1.67 bits per heavy atom. The highest BCUT2D eigenvalue weighted by molar-refractivity contribution is 5.63. The average molecular weight is 300 g/mol. The van der Waals surface area contributed by atoms with Crippen LogP contribution >= 0.6 is 0 Å². The molecular formula is C11H12N2O8. The molecule has 0 aliphatic rings. The van der Waals surface area contributed by atoms with E-state index in [1.54, 1.807) is 0 Å². The molecule has 0 aliphatic carbocycles. The molecule has 0 saturated carbocycles. The first kappa shape index (κ1) is 16.1. The molecule has 1 aromatic carbocycles. The van der Waals surface area contributed by atoms with Gasteiger partial charge in [0.15, 0.2) is 0 Å². The molecule has 1 rings (SSSR count). The van der Waals surface area contributed by atoms with Crippen molar-refractivity contribution in [3.05, 3.63) is 44.5 Å². The molecule has 0 heterocycles. The largest absolute Gasteiger partial charge is 0.513 e. The Kier molecular flexibility index (Phi) is 6.38. The van der Waals surface area contributed by atoms with E-state index >= 15 is 0 Å². The molecule has 10 heteroatoms. The number of non-ortho nitro benzene ring substituents is 1. The Hall–Kier alpha value is -2.91. The van der Waals surface area contributed by atoms with Gasteiger partial charge >= 0.3 is 6.16 Å². The maximum atomic E-state index is 11.3. The molecule has 1 aromatic rings. The molecule has 0 aliphatic heterocycles. The minimum Gasteiger partial charge on any atom is -0.434 e. The molecule has 0 atom stereocenters.